The average Bonchev–Trinajstić information content (AvgIpc) is 2.95. The second-order valence-corrected chi connectivity index (χ2v) is 10.8. The molecule has 3 aromatic carbocycles. The van der Waals surface area contributed by atoms with Gasteiger partial charge in [-0.3, -0.25) is 0 Å². The molecular formula is C31H39N3O4S. The second-order valence-electron chi connectivity index (χ2n) is 9.70. The number of nitrogens with one attached hydrogen (secondary N) is 1. The lowest BCUT2D eigenvalue weighted by atomic mass is 10.1. The van der Waals surface area contributed by atoms with Crippen molar-refractivity contribution in [1.29, 1.82) is 0 Å². The van der Waals surface area contributed by atoms with Gasteiger partial charge >= 0.3 is 5.97 Å². The van der Waals surface area contributed by atoms with Crippen LogP contribution in [0.5, 0.6) is 5.75 Å². The molecule has 2 atom stereocenters. The lowest BCUT2D eigenvalue weighted by Crippen LogP contribution is -2.47. The number of piperazine rings is 1. The zero-order valence-corrected chi connectivity index (χ0v) is 23.8. The maximum atomic E-state index is 11.3. The molecule has 2 aliphatic rings. The van der Waals surface area contributed by atoms with Gasteiger partial charge in [0.05, 0.1) is 17.9 Å². The number of likely N-dealkylation sites (N-methyl/N-ethyl adjacent to an activating group) is 1. The first-order valence-corrected chi connectivity index (χ1v) is 14.4. The molecule has 2 unspecified atom stereocenters. The maximum absolute atomic E-state index is 11.3. The van der Waals surface area contributed by atoms with Gasteiger partial charge in [0.25, 0.3) is 0 Å². The molecule has 0 radical (unpaired) electrons. The molecule has 7 nitrogen and oxygen atoms in total. The fourth-order valence-electron chi connectivity index (χ4n) is 4.57. The standard InChI is InChI=1S/C25H25NO4S.C6H14N2/c1-2-29-22(25(27)28)17-18-11-13-19(14-12-18)30-16-15-26-20-7-3-5-9-23(20)31-24-10-6-4-8-21(24)26;1-6-5-7-3-4-8(6)2/h3-14,22H,2,15-17H2,1H3,(H,27,28);6-7H,3-5H2,1-2H3. The topological polar surface area (TPSA) is 74.3 Å². The van der Waals surface area contributed by atoms with Crippen LogP contribution in [0.2, 0.25) is 0 Å². The fourth-order valence-corrected chi connectivity index (χ4v) is 5.67. The van der Waals surface area contributed by atoms with Gasteiger partial charge in [-0.25, -0.2) is 4.79 Å². The number of benzene rings is 3. The summed E-state index contributed by atoms with van der Waals surface area (Å²) in [5.74, 6) is -0.178. The highest BCUT2D eigenvalue weighted by Gasteiger charge is 2.22. The number of hydrogen-bond donors (Lipinski definition) is 2. The Morgan fingerprint density at radius 3 is 2.23 bits per heavy atom. The predicted molar refractivity (Wildman–Crippen MR) is 158 cm³/mol. The van der Waals surface area contributed by atoms with E-state index in [0.29, 0.717) is 19.6 Å². The van der Waals surface area contributed by atoms with E-state index < -0.39 is 12.1 Å². The zero-order chi connectivity index (χ0) is 27.6. The highest BCUT2D eigenvalue weighted by molar-refractivity contribution is 7.99. The number of carbonyl (C=O) groups is 1. The monoisotopic (exact) mass is 549 g/mol. The minimum Gasteiger partial charge on any atom is -0.492 e. The van der Waals surface area contributed by atoms with E-state index in [1.165, 1.54) is 27.7 Å². The summed E-state index contributed by atoms with van der Waals surface area (Å²) in [4.78, 5) is 18.4. The maximum Gasteiger partial charge on any atom is 0.333 e. The number of carboxylic acids is 1. The van der Waals surface area contributed by atoms with Crippen molar-refractivity contribution in [2.45, 2.75) is 42.2 Å². The number of anilines is 2. The fraction of sp³-hybridized carbons (Fsp3) is 0.387. The van der Waals surface area contributed by atoms with Crippen molar-refractivity contribution in [3.8, 4) is 5.75 Å². The van der Waals surface area contributed by atoms with E-state index in [0.717, 1.165) is 37.0 Å². The van der Waals surface area contributed by atoms with E-state index in [4.69, 9.17) is 9.47 Å². The Balaban J connectivity index is 0.000000379. The summed E-state index contributed by atoms with van der Waals surface area (Å²) in [7, 11) is 2.17. The third-order valence-electron chi connectivity index (χ3n) is 6.94. The van der Waals surface area contributed by atoms with Crippen LogP contribution in [0.15, 0.2) is 82.6 Å². The summed E-state index contributed by atoms with van der Waals surface area (Å²) >= 11 is 1.79. The molecule has 0 bridgehead atoms. The van der Waals surface area contributed by atoms with Gasteiger partial charge in [-0.1, -0.05) is 48.2 Å². The molecule has 8 heteroatoms. The highest BCUT2D eigenvalue weighted by Crippen LogP contribution is 2.47. The van der Waals surface area contributed by atoms with E-state index in [-0.39, 0.29) is 0 Å². The van der Waals surface area contributed by atoms with Crippen LogP contribution in [0.3, 0.4) is 0 Å². The Bertz CT molecular complexity index is 1150. The highest BCUT2D eigenvalue weighted by atomic mass is 32.2. The van der Waals surface area contributed by atoms with Crippen molar-refractivity contribution in [2.75, 3.05) is 51.3 Å². The Morgan fingerprint density at radius 2 is 1.69 bits per heavy atom. The zero-order valence-electron chi connectivity index (χ0n) is 23.0. The number of ether oxygens (including phenoxy) is 2. The Kier molecular flexibility index (Phi) is 10.7. The lowest BCUT2D eigenvalue weighted by Gasteiger charge is -2.32. The van der Waals surface area contributed by atoms with Crippen molar-refractivity contribution in [1.82, 2.24) is 10.2 Å². The number of para-hydroxylation sites is 2. The molecule has 0 aromatic heterocycles. The van der Waals surface area contributed by atoms with E-state index >= 15 is 0 Å². The van der Waals surface area contributed by atoms with Gasteiger partial charge in [-0.15, -0.1) is 0 Å². The molecule has 0 aliphatic carbocycles. The Hall–Kier alpha value is -3.04. The van der Waals surface area contributed by atoms with Crippen LogP contribution in [0, 0.1) is 0 Å². The van der Waals surface area contributed by atoms with Crippen LogP contribution in [0.1, 0.15) is 19.4 Å². The first kappa shape index (κ1) is 29.0. The van der Waals surface area contributed by atoms with Crippen LogP contribution in [-0.4, -0.2) is 74.6 Å². The summed E-state index contributed by atoms with van der Waals surface area (Å²) in [6.07, 6.45) is -0.489. The molecule has 2 aliphatic heterocycles. The largest absolute Gasteiger partial charge is 0.492 e. The Morgan fingerprint density at radius 1 is 1.05 bits per heavy atom. The van der Waals surface area contributed by atoms with Crippen LogP contribution in [-0.2, 0) is 16.0 Å². The van der Waals surface area contributed by atoms with Gasteiger partial charge in [-0.05, 0) is 62.9 Å². The van der Waals surface area contributed by atoms with Crippen molar-refractivity contribution in [3.63, 3.8) is 0 Å². The van der Waals surface area contributed by atoms with Crippen molar-refractivity contribution < 1.29 is 19.4 Å². The van der Waals surface area contributed by atoms with Gasteiger partial charge in [0.2, 0.25) is 0 Å². The van der Waals surface area contributed by atoms with E-state index in [9.17, 15) is 9.90 Å². The Labute approximate surface area is 236 Å². The summed E-state index contributed by atoms with van der Waals surface area (Å²) in [6, 6.07) is 25.1. The lowest BCUT2D eigenvalue weighted by molar-refractivity contribution is -0.149. The van der Waals surface area contributed by atoms with Gasteiger partial charge in [0.15, 0.2) is 6.10 Å². The number of carboxylic acid groups (broad SMARTS) is 1. The first-order valence-electron chi connectivity index (χ1n) is 13.6. The molecule has 1 fully saturated rings. The van der Waals surface area contributed by atoms with Crippen molar-refractivity contribution >= 4 is 29.1 Å². The molecule has 1 saturated heterocycles. The summed E-state index contributed by atoms with van der Waals surface area (Å²) < 4.78 is 11.3. The minimum atomic E-state index is -0.942. The van der Waals surface area contributed by atoms with Crippen LogP contribution in [0.25, 0.3) is 0 Å². The summed E-state index contributed by atoms with van der Waals surface area (Å²) in [5.41, 5.74) is 3.30. The normalized spacial score (nSPS) is 17.3. The number of fused-ring (bicyclic) bond motifs is 2. The number of aliphatic carboxylic acids is 1. The number of nitrogens with zero attached hydrogens (tertiary/aromatic N) is 2. The van der Waals surface area contributed by atoms with Crippen LogP contribution in [0.4, 0.5) is 11.4 Å². The van der Waals surface area contributed by atoms with Gasteiger partial charge < -0.3 is 29.7 Å². The third kappa shape index (κ3) is 7.99. The SMILES string of the molecule is CC1CNCCN1C.CCOC(Cc1ccc(OCCN2c3ccccc3Sc3ccccc32)cc1)C(=O)O. The second kappa shape index (κ2) is 14.4. The van der Waals surface area contributed by atoms with E-state index in [1.54, 1.807) is 18.7 Å². The van der Waals surface area contributed by atoms with Crippen molar-refractivity contribution in [3.05, 3.63) is 78.4 Å². The molecule has 5 rings (SSSR count). The molecule has 0 saturated carbocycles. The molecule has 2 N–H and O–H groups in total. The summed E-state index contributed by atoms with van der Waals surface area (Å²) in [6.45, 7) is 9.17. The minimum absolute atomic E-state index is 0.336. The smallest absolute Gasteiger partial charge is 0.333 e. The predicted octanol–water partition coefficient (Wildman–Crippen LogP) is 5.31. The molecule has 0 spiro atoms. The van der Waals surface area contributed by atoms with Crippen molar-refractivity contribution in [2.24, 2.45) is 0 Å². The van der Waals surface area contributed by atoms with Gasteiger partial charge in [-0.2, -0.15) is 0 Å². The molecule has 208 valence electrons. The number of rotatable bonds is 9. The summed E-state index contributed by atoms with van der Waals surface area (Å²) in [5, 5.41) is 12.6. The quantitative estimate of drug-likeness (QED) is 0.372. The van der Waals surface area contributed by atoms with E-state index in [1.807, 2.05) is 24.3 Å². The molecule has 2 heterocycles. The molecular weight excluding hydrogens is 510 g/mol. The molecule has 39 heavy (non-hydrogen) atoms. The average molecular weight is 550 g/mol. The molecule has 3 aromatic rings. The third-order valence-corrected chi connectivity index (χ3v) is 8.07. The van der Waals surface area contributed by atoms with Gasteiger partial charge in [0.1, 0.15) is 12.4 Å². The molecule has 0 amide bonds. The van der Waals surface area contributed by atoms with Crippen LogP contribution >= 0.6 is 11.8 Å². The van der Waals surface area contributed by atoms with E-state index in [2.05, 4.69) is 77.6 Å². The number of hydrogen-bond acceptors (Lipinski definition) is 7. The van der Waals surface area contributed by atoms with Gasteiger partial charge in [0, 0.05) is 48.5 Å². The first-order chi connectivity index (χ1) is 19.0. The van der Waals surface area contributed by atoms with Crippen LogP contribution < -0.4 is 15.0 Å².